The van der Waals surface area contributed by atoms with Gasteiger partial charge in [-0.1, -0.05) is 24.3 Å². The normalized spacial score (nSPS) is 11.4. The van der Waals surface area contributed by atoms with Crippen LogP contribution >= 0.6 is 0 Å². The van der Waals surface area contributed by atoms with Crippen molar-refractivity contribution in [1.29, 1.82) is 0 Å². The van der Waals surface area contributed by atoms with Gasteiger partial charge in [-0.2, -0.15) is 0 Å². The maximum Gasteiger partial charge on any atom is 0.180 e. The monoisotopic (exact) mass is 411 g/mol. The van der Waals surface area contributed by atoms with Gasteiger partial charge in [-0.25, -0.2) is 8.42 Å². The molecule has 1 heterocycles. The lowest BCUT2D eigenvalue weighted by Gasteiger charge is -2.13. The predicted molar refractivity (Wildman–Crippen MR) is 114 cm³/mol. The maximum atomic E-state index is 12.1. The molecule has 0 radical (unpaired) electrons. The number of aliphatic hydroxyl groups excluding tert-OH is 1. The number of sulfone groups is 1. The molecule has 0 atom stereocenters. The summed E-state index contributed by atoms with van der Waals surface area (Å²) in [5.41, 5.74) is 4.04. The number of hydrogen-bond acceptors (Lipinski definition) is 5. The van der Waals surface area contributed by atoms with E-state index in [2.05, 4.69) is 11.1 Å². The number of aliphatic hydroxyl groups is 1. The summed E-state index contributed by atoms with van der Waals surface area (Å²) in [5, 5.41) is 8.93. The summed E-state index contributed by atoms with van der Waals surface area (Å²) in [7, 11) is -3.45. The molecule has 3 rings (SSSR count). The molecule has 1 aromatic heterocycles. The summed E-state index contributed by atoms with van der Waals surface area (Å²) in [6.45, 7) is 2.16. The van der Waals surface area contributed by atoms with Gasteiger partial charge in [0, 0.05) is 11.9 Å². The molecule has 0 spiro atoms. The Bertz CT molecular complexity index is 1030. The molecule has 5 nitrogen and oxygen atoms in total. The quantitative estimate of drug-likeness (QED) is 0.581. The van der Waals surface area contributed by atoms with Crippen LogP contribution in [-0.2, 0) is 22.7 Å². The standard InChI is InChI=1S/C23H25NO4S/c1-2-28-23-13-9-19(17-20(23)6-10-21-5-3-4-14-24-21)18-7-11-22(12-8-18)29(26,27)16-15-25/h3-5,7-9,11-14,17,25H,2,6,10,15-16H2,1H3. The number of ether oxygens (including phenoxy) is 1. The molecule has 0 aliphatic heterocycles. The second-order valence-corrected chi connectivity index (χ2v) is 8.75. The van der Waals surface area contributed by atoms with Gasteiger partial charge < -0.3 is 9.84 Å². The molecule has 0 amide bonds. The summed E-state index contributed by atoms with van der Waals surface area (Å²) in [4.78, 5) is 4.60. The lowest BCUT2D eigenvalue weighted by atomic mass is 9.99. The first-order chi connectivity index (χ1) is 14.0. The van der Waals surface area contributed by atoms with E-state index in [1.165, 1.54) is 0 Å². The molecule has 0 fully saturated rings. The van der Waals surface area contributed by atoms with E-state index in [9.17, 15) is 8.42 Å². The molecule has 2 aromatic carbocycles. The van der Waals surface area contributed by atoms with Crippen molar-refractivity contribution in [2.75, 3.05) is 19.0 Å². The number of nitrogens with zero attached hydrogens (tertiary/aromatic N) is 1. The zero-order valence-corrected chi connectivity index (χ0v) is 17.2. The van der Waals surface area contributed by atoms with E-state index in [-0.39, 0.29) is 17.3 Å². The number of benzene rings is 2. The van der Waals surface area contributed by atoms with E-state index in [0.29, 0.717) is 6.61 Å². The van der Waals surface area contributed by atoms with Crippen LogP contribution in [0, 0.1) is 0 Å². The molecule has 6 heteroatoms. The minimum absolute atomic E-state index is 0.219. The molecular formula is C23H25NO4S. The van der Waals surface area contributed by atoms with Gasteiger partial charge in [-0.3, -0.25) is 4.98 Å². The van der Waals surface area contributed by atoms with Gasteiger partial charge in [0.25, 0.3) is 0 Å². The summed E-state index contributed by atoms with van der Waals surface area (Å²) < 4.78 is 30.0. The van der Waals surface area contributed by atoms with Crippen LogP contribution in [0.15, 0.2) is 71.8 Å². The van der Waals surface area contributed by atoms with Crippen molar-refractivity contribution in [2.24, 2.45) is 0 Å². The summed E-state index contributed by atoms with van der Waals surface area (Å²) in [5.74, 6) is 0.585. The molecule has 0 saturated heterocycles. The van der Waals surface area contributed by atoms with Crippen molar-refractivity contribution >= 4 is 9.84 Å². The highest BCUT2D eigenvalue weighted by atomic mass is 32.2. The first-order valence-corrected chi connectivity index (χ1v) is 11.3. The fourth-order valence-electron chi connectivity index (χ4n) is 3.15. The molecule has 3 aromatic rings. The zero-order chi connectivity index (χ0) is 20.7. The number of hydrogen-bond donors (Lipinski definition) is 1. The average Bonchev–Trinajstić information content (AvgIpc) is 2.74. The molecule has 0 aliphatic carbocycles. The van der Waals surface area contributed by atoms with Crippen molar-refractivity contribution in [3.63, 3.8) is 0 Å². The Hall–Kier alpha value is -2.70. The van der Waals surface area contributed by atoms with E-state index in [1.807, 2.05) is 37.3 Å². The Morgan fingerprint density at radius 3 is 2.38 bits per heavy atom. The number of rotatable bonds is 9. The largest absolute Gasteiger partial charge is 0.494 e. The van der Waals surface area contributed by atoms with Gasteiger partial charge in [-0.15, -0.1) is 0 Å². The highest BCUT2D eigenvalue weighted by molar-refractivity contribution is 7.91. The van der Waals surface area contributed by atoms with Gasteiger partial charge in [0.1, 0.15) is 5.75 Å². The lowest BCUT2D eigenvalue weighted by Crippen LogP contribution is -2.09. The molecule has 0 saturated carbocycles. The summed E-state index contributed by atoms with van der Waals surface area (Å²) in [6, 6.07) is 18.7. The third-order valence-electron chi connectivity index (χ3n) is 4.64. The number of pyridine rings is 1. The fraction of sp³-hybridized carbons (Fsp3) is 0.261. The lowest BCUT2D eigenvalue weighted by molar-refractivity contribution is 0.319. The van der Waals surface area contributed by atoms with Gasteiger partial charge >= 0.3 is 0 Å². The van der Waals surface area contributed by atoms with Crippen LogP contribution in [0.5, 0.6) is 5.75 Å². The molecule has 0 aliphatic rings. The minimum Gasteiger partial charge on any atom is -0.494 e. The second kappa shape index (κ2) is 9.67. The van der Waals surface area contributed by atoms with E-state index in [0.717, 1.165) is 41.0 Å². The van der Waals surface area contributed by atoms with Crippen LogP contribution in [0.1, 0.15) is 18.2 Å². The Labute approximate surface area is 171 Å². The molecular weight excluding hydrogens is 386 g/mol. The highest BCUT2D eigenvalue weighted by Crippen LogP contribution is 2.29. The molecule has 0 unspecified atom stereocenters. The second-order valence-electron chi connectivity index (χ2n) is 6.64. The van der Waals surface area contributed by atoms with E-state index in [1.54, 1.807) is 30.5 Å². The molecule has 152 valence electrons. The highest BCUT2D eigenvalue weighted by Gasteiger charge is 2.14. The SMILES string of the molecule is CCOc1ccc(-c2ccc(S(=O)(=O)CCO)cc2)cc1CCc1ccccn1. The van der Waals surface area contributed by atoms with Crippen molar-refractivity contribution in [3.05, 3.63) is 78.1 Å². The molecule has 29 heavy (non-hydrogen) atoms. The maximum absolute atomic E-state index is 12.1. The van der Waals surface area contributed by atoms with Crippen LogP contribution in [0.2, 0.25) is 0 Å². The molecule has 1 N–H and O–H groups in total. The van der Waals surface area contributed by atoms with Crippen LogP contribution in [0.25, 0.3) is 11.1 Å². The topological polar surface area (TPSA) is 76.5 Å². The van der Waals surface area contributed by atoms with E-state index >= 15 is 0 Å². The van der Waals surface area contributed by atoms with Crippen LogP contribution in [0.3, 0.4) is 0 Å². The average molecular weight is 412 g/mol. The number of aromatic nitrogens is 1. The Kier molecular flexibility index (Phi) is 7.01. The van der Waals surface area contributed by atoms with Crippen molar-refractivity contribution in [2.45, 2.75) is 24.7 Å². The van der Waals surface area contributed by atoms with Crippen molar-refractivity contribution < 1.29 is 18.3 Å². The van der Waals surface area contributed by atoms with Gasteiger partial charge in [0.2, 0.25) is 0 Å². The predicted octanol–water partition coefficient (Wildman–Crippen LogP) is 3.70. The first-order valence-electron chi connectivity index (χ1n) is 9.63. The third kappa shape index (κ3) is 5.43. The van der Waals surface area contributed by atoms with Gasteiger partial charge in [0.05, 0.1) is 23.9 Å². The van der Waals surface area contributed by atoms with Crippen LogP contribution in [0.4, 0.5) is 0 Å². The van der Waals surface area contributed by atoms with Crippen molar-refractivity contribution in [1.82, 2.24) is 4.98 Å². The van der Waals surface area contributed by atoms with Gasteiger partial charge in [-0.05, 0) is 72.9 Å². The fourth-order valence-corrected chi connectivity index (χ4v) is 4.18. The molecule has 0 bridgehead atoms. The summed E-state index contributed by atoms with van der Waals surface area (Å²) in [6.07, 6.45) is 3.40. The van der Waals surface area contributed by atoms with Gasteiger partial charge in [0.15, 0.2) is 9.84 Å². The van der Waals surface area contributed by atoms with Crippen LogP contribution < -0.4 is 4.74 Å². The first kappa shape index (κ1) is 21.0. The smallest absolute Gasteiger partial charge is 0.180 e. The van der Waals surface area contributed by atoms with Crippen LogP contribution in [-0.4, -0.2) is 37.5 Å². The summed E-state index contributed by atoms with van der Waals surface area (Å²) >= 11 is 0. The van der Waals surface area contributed by atoms with E-state index in [4.69, 9.17) is 9.84 Å². The zero-order valence-electron chi connectivity index (χ0n) is 16.4. The van der Waals surface area contributed by atoms with E-state index < -0.39 is 9.84 Å². The third-order valence-corrected chi connectivity index (χ3v) is 6.35. The number of aryl methyl sites for hydroxylation is 2. The van der Waals surface area contributed by atoms with Crippen molar-refractivity contribution in [3.8, 4) is 16.9 Å². The minimum atomic E-state index is -3.45. The Balaban J connectivity index is 1.86. The Morgan fingerprint density at radius 1 is 0.966 bits per heavy atom. The Morgan fingerprint density at radius 2 is 1.72 bits per heavy atom.